The van der Waals surface area contributed by atoms with Crippen LogP contribution in [0.4, 0.5) is 0 Å². The summed E-state index contributed by atoms with van der Waals surface area (Å²) in [5.41, 5.74) is 0.889. The van der Waals surface area contributed by atoms with Crippen molar-refractivity contribution in [1.82, 2.24) is 14.6 Å². The molecule has 1 aliphatic heterocycles. The Bertz CT molecular complexity index is 1070. The molecule has 0 saturated carbocycles. The van der Waals surface area contributed by atoms with Gasteiger partial charge < -0.3 is 9.73 Å². The fourth-order valence-corrected chi connectivity index (χ4v) is 5.27. The molecule has 0 aliphatic carbocycles. The normalized spacial score (nSPS) is 15.0. The van der Waals surface area contributed by atoms with E-state index in [9.17, 15) is 13.2 Å². The van der Waals surface area contributed by atoms with Crippen LogP contribution in [0.5, 0.6) is 0 Å². The van der Waals surface area contributed by atoms with Crippen LogP contribution in [0, 0.1) is 0 Å². The molecule has 0 bridgehead atoms. The van der Waals surface area contributed by atoms with Crippen LogP contribution in [0.2, 0.25) is 0 Å². The van der Waals surface area contributed by atoms with E-state index < -0.39 is 10.0 Å². The van der Waals surface area contributed by atoms with Crippen molar-refractivity contribution >= 4 is 27.3 Å². The summed E-state index contributed by atoms with van der Waals surface area (Å²) in [6, 6.07) is 9.94. The fraction of sp³-hybridized carbons (Fsp3) is 0.263. The Balaban J connectivity index is 1.44. The zero-order chi connectivity index (χ0) is 19.6. The smallest absolute Gasteiger partial charge is 0.251 e. The first-order valence-corrected chi connectivity index (χ1v) is 11.2. The van der Waals surface area contributed by atoms with E-state index in [1.165, 1.54) is 34.0 Å². The van der Waals surface area contributed by atoms with Crippen molar-refractivity contribution in [3.63, 3.8) is 0 Å². The number of hydrogen-bond acceptors (Lipinski definition) is 6. The zero-order valence-electron chi connectivity index (χ0n) is 15.0. The predicted molar refractivity (Wildman–Crippen MR) is 105 cm³/mol. The molecule has 4 rings (SSSR count). The number of sulfonamides is 1. The first-order chi connectivity index (χ1) is 13.5. The third kappa shape index (κ3) is 3.87. The SMILES string of the molecule is O=C(NCc1coc(-c2cccs2)n1)c1cccc(S(=O)(=O)N2CCCC2)c1. The molecule has 1 amide bonds. The number of aromatic nitrogens is 1. The zero-order valence-corrected chi connectivity index (χ0v) is 16.6. The number of nitrogens with zero attached hydrogens (tertiary/aromatic N) is 2. The van der Waals surface area contributed by atoms with Crippen molar-refractivity contribution < 1.29 is 17.6 Å². The van der Waals surface area contributed by atoms with E-state index in [0.29, 0.717) is 30.2 Å². The van der Waals surface area contributed by atoms with E-state index in [4.69, 9.17) is 4.42 Å². The van der Waals surface area contributed by atoms with Gasteiger partial charge in [0.25, 0.3) is 5.91 Å². The molecule has 0 unspecified atom stereocenters. The molecule has 146 valence electrons. The lowest BCUT2D eigenvalue weighted by Gasteiger charge is -2.15. The third-order valence-corrected chi connectivity index (χ3v) is 7.27. The second-order valence-corrected chi connectivity index (χ2v) is 9.33. The van der Waals surface area contributed by atoms with Crippen molar-refractivity contribution in [2.45, 2.75) is 24.3 Å². The first-order valence-electron chi connectivity index (χ1n) is 8.91. The fourth-order valence-electron chi connectivity index (χ4n) is 3.05. The van der Waals surface area contributed by atoms with Gasteiger partial charge in [-0.1, -0.05) is 12.1 Å². The molecular weight excluding hydrogens is 398 g/mol. The molecule has 28 heavy (non-hydrogen) atoms. The van der Waals surface area contributed by atoms with Gasteiger partial charge in [0.05, 0.1) is 22.0 Å². The summed E-state index contributed by atoms with van der Waals surface area (Å²) >= 11 is 1.52. The molecule has 9 heteroatoms. The van der Waals surface area contributed by atoms with Crippen molar-refractivity contribution in [3.05, 3.63) is 59.3 Å². The van der Waals surface area contributed by atoms with Gasteiger partial charge in [0.2, 0.25) is 15.9 Å². The van der Waals surface area contributed by atoms with E-state index in [2.05, 4.69) is 10.3 Å². The molecular formula is C19H19N3O4S2. The maximum Gasteiger partial charge on any atom is 0.251 e. The second kappa shape index (κ2) is 7.86. The number of benzene rings is 1. The third-order valence-electron chi connectivity index (χ3n) is 4.51. The summed E-state index contributed by atoms with van der Waals surface area (Å²) in [6.45, 7) is 1.24. The van der Waals surface area contributed by atoms with Crippen molar-refractivity contribution in [2.24, 2.45) is 0 Å². The van der Waals surface area contributed by atoms with Crippen LogP contribution in [0.3, 0.4) is 0 Å². The number of nitrogens with one attached hydrogen (secondary N) is 1. The molecule has 7 nitrogen and oxygen atoms in total. The number of thiophene rings is 1. The van der Waals surface area contributed by atoms with E-state index in [1.807, 2.05) is 17.5 Å². The van der Waals surface area contributed by atoms with Crippen LogP contribution in [0.25, 0.3) is 10.8 Å². The maximum atomic E-state index is 12.7. The van der Waals surface area contributed by atoms with Gasteiger partial charge in [0.15, 0.2) is 0 Å². The minimum atomic E-state index is -3.56. The summed E-state index contributed by atoms with van der Waals surface area (Å²) in [4.78, 5) is 17.9. The second-order valence-electron chi connectivity index (χ2n) is 6.44. The van der Waals surface area contributed by atoms with Gasteiger partial charge in [-0.05, 0) is 42.5 Å². The van der Waals surface area contributed by atoms with Gasteiger partial charge >= 0.3 is 0 Å². The highest BCUT2D eigenvalue weighted by Gasteiger charge is 2.27. The number of carbonyl (C=O) groups is 1. The molecule has 1 aromatic carbocycles. The van der Waals surface area contributed by atoms with E-state index >= 15 is 0 Å². The first kappa shape index (κ1) is 18.9. The summed E-state index contributed by atoms with van der Waals surface area (Å²) in [6.07, 6.45) is 3.23. The Hall–Kier alpha value is -2.49. The molecule has 1 fully saturated rings. The number of carbonyl (C=O) groups excluding carboxylic acids is 1. The van der Waals surface area contributed by atoms with Crippen LogP contribution in [-0.2, 0) is 16.6 Å². The predicted octanol–water partition coefficient (Wildman–Crippen LogP) is 3.12. The number of oxazole rings is 1. The molecule has 3 aromatic rings. The van der Waals surface area contributed by atoms with Crippen LogP contribution in [-0.4, -0.2) is 36.7 Å². The molecule has 2 aromatic heterocycles. The highest BCUT2D eigenvalue weighted by molar-refractivity contribution is 7.89. The van der Waals surface area contributed by atoms with Crippen LogP contribution >= 0.6 is 11.3 Å². The van der Waals surface area contributed by atoms with Gasteiger partial charge in [-0.2, -0.15) is 4.31 Å². The lowest BCUT2D eigenvalue weighted by atomic mass is 10.2. The largest absolute Gasteiger partial charge is 0.443 e. The average Bonchev–Trinajstić information content (AvgIpc) is 3.48. The van der Waals surface area contributed by atoms with Crippen LogP contribution in [0.15, 0.2) is 57.4 Å². The minimum absolute atomic E-state index is 0.142. The Morgan fingerprint density at radius 1 is 1.21 bits per heavy atom. The minimum Gasteiger partial charge on any atom is -0.443 e. The van der Waals surface area contributed by atoms with Crippen molar-refractivity contribution in [3.8, 4) is 10.8 Å². The summed E-state index contributed by atoms with van der Waals surface area (Å²) in [5.74, 6) is 0.150. The quantitative estimate of drug-likeness (QED) is 0.665. The lowest BCUT2D eigenvalue weighted by molar-refractivity contribution is 0.0950. The summed E-state index contributed by atoms with van der Waals surface area (Å²) in [7, 11) is -3.56. The van der Waals surface area contributed by atoms with Gasteiger partial charge in [-0.25, -0.2) is 13.4 Å². The van der Waals surface area contributed by atoms with E-state index in [-0.39, 0.29) is 17.3 Å². The van der Waals surface area contributed by atoms with Crippen LogP contribution in [0.1, 0.15) is 28.9 Å². The van der Waals surface area contributed by atoms with E-state index in [1.54, 1.807) is 12.1 Å². The Labute approximate surface area is 167 Å². The molecule has 3 heterocycles. The van der Waals surface area contributed by atoms with Gasteiger partial charge in [0.1, 0.15) is 6.26 Å². The van der Waals surface area contributed by atoms with Gasteiger partial charge in [0, 0.05) is 18.7 Å². The molecule has 1 N–H and O–H groups in total. The average molecular weight is 418 g/mol. The summed E-state index contributed by atoms with van der Waals surface area (Å²) in [5, 5.41) is 4.69. The topological polar surface area (TPSA) is 92.5 Å². The molecule has 0 spiro atoms. The van der Waals surface area contributed by atoms with E-state index in [0.717, 1.165) is 17.7 Å². The molecule has 0 radical (unpaired) electrons. The van der Waals surface area contributed by atoms with Crippen molar-refractivity contribution in [1.29, 1.82) is 0 Å². The van der Waals surface area contributed by atoms with Crippen molar-refractivity contribution in [2.75, 3.05) is 13.1 Å². The molecule has 1 saturated heterocycles. The highest BCUT2D eigenvalue weighted by Crippen LogP contribution is 2.24. The van der Waals surface area contributed by atoms with Gasteiger partial charge in [-0.15, -0.1) is 11.3 Å². The van der Waals surface area contributed by atoms with Gasteiger partial charge in [-0.3, -0.25) is 4.79 Å². The Morgan fingerprint density at radius 2 is 2.04 bits per heavy atom. The number of hydrogen-bond donors (Lipinski definition) is 1. The molecule has 0 atom stereocenters. The molecule has 1 aliphatic rings. The monoisotopic (exact) mass is 417 g/mol. The number of rotatable bonds is 6. The lowest BCUT2D eigenvalue weighted by Crippen LogP contribution is -2.28. The Kier molecular flexibility index (Phi) is 5.29. The standard InChI is InChI=1S/C19H19N3O4S2/c23-18(20-12-15-13-26-19(21-15)17-7-4-10-27-17)14-5-3-6-16(11-14)28(24,25)22-8-1-2-9-22/h3-7,10-11,13H,1-2,8-9,12H2,(H,20,23). The summed E-state index contributed by atoms with van der Waals surface area (Å²) < 4.78 is 32.2. The van der Waals surface area contributed by atoms with Crippen LogP contribution < -0.4 is 5.32 Å². The number of amides is 1. The highest BCUT2D eigenvalue weighted by atomic mass is 32.2. The Morgan fingerprint density at radius 3 is 2.79 bits per heavy atom. The maximum absolute atomic E-state index is 12.7.